The Morgan fingerprint density at radius 1 is 1.43 bits per heavy atom. The Morgan fingerprint density at radius 3 is 2.86 bits per heavy atom. The van der Waals surface area contributed by atoms with Gasteiger partial charge in [0.05, 0.1) is 4.92 Å². The molecule has 114 valence electrons. The summed E-state index contributed by atoms with van der Waals surface area (Å²) in [6.07, 6.45) is 3.94. The molecule has 1 saturated carbocycles. The van der Waals surface area contributed by atoms with Gasteiger partial charge in [0.2, 0.25) is 0 Å². The van der Waals surface area contributed by atoms with Crippen molar-refractivity contribution in [3.63, 3.8) is 0 Å². The molecule has 1 aromatic rings. The fourth-order valence-corrected chi connectivity index (χ4v) is 3.28. The molecule has 0 spiro atoms. The van der Waals surface area contributed by atoms with Crippen LogP contribution >= 0.6 is 11.6 Å². The number of nitrogens with one attached hydrogen (secondary N) is 1. The van der Waals surface area contributed by atoms with E-state index in [-0.39, 0.29) is 10.7 Å². The number of nitro benzene ring substituents is 1. The van der Waals surface area contributed by atoms with Crippen LogP contribution in [-0.4, -0.2) is 35.5 Å². The number of aryl methyl sites for hydroxylation is 1. The molecular weight excluding hydrogens is 290 g/mol. The Hall–Kier alpha value is -1.33. The lowest BCUT2D eigenvalue weighted by Gasteiger charge is -2.16. The number of likely N-dealkylation sites (tertiary alicyclic amines) is 1. The Bertz CT molecular complexity index is 560. The Kier molecular flexibility index (Phi) is 4.04. The maximum atomic E-state index is 10.9. The van der Waals surface area contributed by atoms with Crippen molar-refractivity contribution in [3.8, 4) is 0 Å². The van der Waals surface area contributed by atoms with Crippen LogP contribution < -0.4 is 5.32 Å². The molecule has 1 atom stereocenters. The second-order valence-corrected chi connectivity index (χ2v) is 6.54. The van der Waals surface area contributed by atoms with Gasteiger partial charge < -0.3 is 10.2 Å². The van der Waals surface area contributed by atoms with Crippen LogP contribution in [0.2, 0.25) is 5.02 Å². The lowest BCUT2D eigenvalue weighted by Crippen LogP contribution is -2.24. The first-order valence-corrected chi connectivity index (χ1v) is 7.85. The summed E-state index contributed by atoms with van der Waals surface area (Å²) < 4.78 is 0. The molecule has 1 unspecified atom stereocenters. The van der Waals surface area contributed by atoms with Crippen LogP contribution in [0.4, 0.5) is 11.4 Å². The summed E-state index contributed by atoms with van der Waals surface area (Å²) in [5, 5.41) is 14.5. The molecular formula is C15H20ClN3O2. The number of nitro groups is 1. The molecule has 1 aromatic carbocycles. The Balaban J connectivity index is 1.60. The molecule has 2 aliphatic rings. The zero-order valence-electron chi connectivity index (χ0n) is 12.1. The van der Waals surface area contributed by atoms with E-state index >= 15 is 0 Å². The van der Waals surface area contributed by atoms with Gasteiger partial charge in [-0.25, -0.2) is 0 Å². The highest BCUT2D eigenvalue weighted by Crippen LogP contribution is 2.33. The van der Waals surface area contributed by atoms with Crippen LogP contribution in [0.1, 0.15) is 24.8 Å². The normalized spacial score (nSPS) is 22.5. The third-order valence-corrected chi connectivity index (χ3v) is 4.75. The van der Waals surface area contributed by atoms with Gasteiger partial charge in [-0.05, 0) is 50.3 Å². The van der Waals surface area contributed by atoms with Gasteiger partial charge in [0.25, 0.3) is 5.69 Å². The minimum Gasteiger partial charge on any atom is -0.384 e. The molecule has 1 aliphatic heterocycles. The molecule has 5 nitrogen and oxygen atoms in total. The average Bonchev–Trinajstić information content (AvgIpc) is 3.18. The highest BCUT2D eigenvalue weighted by molar-refractivity contribution is 6.33. The van der Waals surface area contributed by atoms with Crippen LogP contribution in [-0.2, 0) is 0 Å². The molecule has 0 bridgehead atoms. The SMILES string of the molecule is Cc1cc([N+](=O)[O-])c(Cl)cc1NCC1CCN(C2CC2)C1. The van der Waals surface area contributed by atoms with E-state index in [0.717, 1.165) is 30.4 Å². The number of hydrogen-bond donors (Lipinski definition) is 1. The van der Waals surface area contributed by atoms with Crippen molar-refractivity contribution in [1.82, 2.24) is 4.90 Å². The molecule has 0 radical (unpaired) electrons. The monoisotopic (exact) mass is 309 g/mol. The Labute approximate surface area is 129 Å². The number of nitrogens with zero attached hydrogens (tertiary/aromatic N) is 2. The van der Waals surface area contributed by atoms with Gasteiger partial charge >= 0.3 is 0 Å². The van der Waals surface area contributed by atoms with E-state index in [4.69, 9.17) is 11.6 Å². The van der Waals surface area contributed by atoms with Gasteiger partial charge in [-0.15, -0.1) is 0 Å². The minimum atomic E-state index is -0.441. The summed E-state index contributed by atoms with van der Waals surface area (Å²) in [5.41, 5.74) is 1.74. The molecule has 21 heavy (non-hydrogen) atoms. The zero-order valence-corrected chi connectivity index (χ0v) is 12.9. The molecule has 0 aromatic heterocycles. The van der Waals surface area contributed by atoms with E-state index in [9.17, 15) is 10.1 Å². The third kappa shape index (κ3) is 3.30. The molecule has 3 rings (SSSR count). The fourth-order valence-electron chi connectivity index (χ4n) is 3.05. The van der Waals surface area contributed by atoms with Crippen LogP contribution in [0.25, 0.3) is 0 Å². The highest BCUT2D eigenvalue weighted by Gasteiger charge is 2.34. The number of halogens is 1. The molecule has 6 heteroatoms. The number of anilines is 1. The van der Waals surface area contributed by atoms with E-state index in [0.29, 0.717) is 5.92 Å². The average molecular weight is 310 g/mol. The van der Waals surface area contributed by atoms with Crippen molar-refractivity contribution in [3.05, 3.63) is 32.8 Å². The summed E-state index contributed by atoms with van der Waals surface area (Å²) in [4.78, 5) is 13.0. The predicted octanol–water partition coefficient (Wildman–Crippen LogP) is 3.45. The second-order valence-electron chi connectivity index (χ2n) is 6.14. The molecule has 1 aliphatic carbocycles. The third-order valence-electron chi connectivity index (χ3n) is 4.45. The maximum Gasteiger partial charge on any atom is 0.288 e. The van der Waals surface area contributed by atoms with Crippen molar-refractivity contribution >= 4 is 23.0 Å². The summed E-state index contributed by atoms with van der Waals surface area (Å²) in [6.45, 7) is 5.14. The van der Waals surface area contributed by atoms with Crippen LogP contribution in [0.3, 0.4) is 0 Å². The van der Waals surface area contributed by atoms with Crippen molar-refractivity contribution in [2.24, 2.45) is 5.92 Å². The standard InChI is InChI=1S/C15H20ClN3O2/c1-10-6-15(19(20)21)13(16)7-14(10)17-8-11-4-5-18(9-11)12-2-3-12/h6-7,11-12,17H,2-5,8-9H2,1H3. The quantitative estimate of drug-likeness (QED) is 0.668. The summed E-state index contributed by atoms with van der Waals surface area (Å²) in [6, 6.07) is 4.05. The Morgan fingerprint density at radius 2 is 2.19 bits per heavy atom. The van der Waals surface area contributed by atoms with E-state index < -0.39 is 4.92 Å². The largest absolute Gasteiger partial charge is 0.384 e. The molecule has 1 heterocycles. The molecule has 1 N–H and O–H groups in total. The van der Waals surface area contributed by atoms with Gasteiger partial charge in [-0.3, -0.25) is 10.1 Å². The number of benzene rings is 1. The van der Waals surface area contributed by atoms with Crippen LogP contribution in [0, 0.1) is 23.0 Å². The van der Waals surface area contributed by atoms with Crippen LogP contribution in [0.15, 0.2) is 12.1 Å². The molecule has 1 saturated heterocycles. The predicted molar refractivity (Wildman–Crippen MR) is 84.0 cm³/mol. The highest BCUT2D eigenvalue weighted by atomic mass is 35.5. The van der Waals surface area contributed by atoms with E-state index in [1.54, 1.807) is 6.07 Å². The van der Waals surface area contributed by atoms with Gasteiger partial charge in [0.15, 0.2) is 0 Å². The number of hydrogen-bond acceptors (Lipinski definition) is 4. The lowest BCUT2D eigenvalue weighted by molar-refractivity contribution is -0.384. The van der Waals surface area contributed by atoms with Gasteiger partial charge in [-0.1, -0.05) is 11.6 Å². The lowest BCUT2D eigenvalue weighted by atomic mass is 10.1. The zero-order chi connectivity index (χ0) is 15.0. The smallest absolute Gasteiger partial charge is 0.288 e. The topological polar surface area (TPSA) is 58.4 Å². The maximum absolute atomic E-state index is 10.9. The van der Waals surface area contributed by atoms with Crippen molar-refractivity contribution < 1.29 is 4.92 Å². The van der Waals surface area contributed by atoms with E-state index in [1.165, 1.54) is 31.9 Å². The molecule has 2 fully saturated rings. The van der Waals surface area contributed by atoms with E-state index in [1.807, 2.05) is 6.92 Å². The van der Waals surface area contributed by atoms with Crippen molar-refractivity contribution in [2.75, 3.05) is 25.0 Å². The van der Waals surface area contributed by atoms with Gasteiger partial charge in [0, 0.05) is 30.9 Å². The first-order chi connectivity index (χ1) is 10.0. The molecule has 0 amide bonds. The van der Waals surface area contributed by atoms with Crippen LogP contribution in [0.5, 0.6) is 0 Å². The second kappa shape index (κ2) is 5.81. The summed E-state index contributed by atoms with van der Waals surface area (Å²) in [7, 11) is 0. The van der Waals surface area contributed by atoms with E-state index in [2.05, 4.69) is 10.2 Å². The fraction of sp³-hybridized carbons (Fsp3) is 0.600. The van der Waals surface area contributed by atoms with Gasteiger partial charge in [0.1, 0.15) is 5.02 Å². The van der Waals surface area contributed by atoms with Gasteiger partial charge in [-0.2, -0.15) is 0 Å². The number of rotatable bonds is 5. The first kappa shape index (κ1) is 14.6. The van der Waals surface area contributed by atoms with Crippen molar-refractivity contribution in [2.45, 2.75) is 32.2 Å². The first-order valence-electron chi connectivity index (χ1n) is 7.47. The minimum absolute atomic E-state index is 0.0273. The summed E-state index contributed by atoms with van der Waals surface area (Å²) in [5.74, 6) is 0.652. The summed E-state index contributed by atoms with van der Waals surface area (Å²) >= 11 is 5.97. The van der Waals surface area contributed by atoms with Crippen molar-refractivity contribution in [1.29, 1.82) is 0 Å².